The number of hydrogen-bond acceptors (Lipinski definition) is 1. The van der Waals surface area contributed by atoms with Crippen LogP contribution in [0.15, 0.2) is 24.3 Å². The molecule has 1 saturated carbocycles. The van der Waals surface area contributed by atoms with E-state index in [-0.39, 0.29) is 0 Å². The summed E-state index contributed by atoms with van der Waals surface area (Å²) in [7, 11) is 0. The first-order chi connectivity index (χ1) is 9.69. The predicted octanol–water partition coefficient (Wildman–Crippen LogP) is 4.59. The van der Waals surface area contributed by atoms with Gasteiger partial charge >= 0.3 is 0 Å². The number of hydrogen-bond donors (Lipinski definition) is 1. The van der Waals surface area contributed by atoms with Crippen LogP contribution < -0.4 is 5.32 Å². The van der Waals surface area contributed by atoms with Crippen molar-refractivity contribution in [2.75, 3.05) is 13.1 Å². The van der Waals surface area contributed by atoms with Gasteiger partial charge in [0.25, 0.3) is 0 Å². The van der Waals surface area contributed by atoms with Crippen molar-refractivity contribution in [2.24, 2.45) is 17.8 Å². The Labute approximate surface area is 125 Å². The first kappa shape index (κ1) is 15.6. The van der Waals surface area contributed by atoms with Crippen LogP contribution in [0.4, 0.5) is 0 Å². The largest absolute Gasteiger partial charge is 0.316 e. The lowest BCUT2D eigenvalue weighted by Gasteiger charge is -2.35. The van der Waals surface area contributed by atoms with E-state index in [0.29, 0.717) is 0 Å². The molecule has 0 aliphatic heterocycles. The summed E-state index contributed by atoms with van der Waals surface area (Å²) in [6.07, 6.45) is 6.75. The summed E-state index contributed by atoms with van der Waals surface area (Å²) >= 11 is 0. The quantitative estimate of drug-likeness (QED) is 0.748. The van der Waals surface area contributed by atoms with E-state index in [1.54, 1.807) is 0 Å². The summed E-state index contributed by atoms with van der Waals surface area (Å²) in [5.41, 5.74) is 2.89. The standard InChI is InChI=1S/C19H31N/c1-4-11-20-14-18-10-7-16(3)12-19(18)13-17-8-5-15(2)6-9-17/h5-6,8-9,16,18-20H,4,7,10-14H2,1-3H3. The second-order valence-corrected chi connectivity index (χ2v) is 6.83. The second-order valence-electron chi connectivity index (χ2n) is 6.83. The number of aryl methyl sites for hydroxylation is 1. The maximum atomic E-state index is 3.64. The molecule has 0 spiro atoms. The van der Waals surface area contributed by atoms with Gasteiger partial charge in [-0.1, -0.05) is 50.1 Å². The van der Waals surface area contributed by atoms with E-state index in [1.165, 1.54) is 56.3 Å². The summed E-state index contributed by atoms with van der Waals surface area (Å²) in [6.45, 7) is 9.24. The van der Waals surface area contributed by atoms with Gasteiger partial charge in [-0.05, 0) is 69.0 Å². The zero-order valence-corrected chi connectivity index (χ0v) is 13.5. The lowest BCUT2D eigenvalue weighted by molar-refractivity contribution is 0.184. The van der Waals surface area contributed by atoms with Crippen LogP contribution >= 0.6 is 0 Å². The van der Waals surface area contributed by atoms with Gasteiger partial charge in [0, 0.05) is 0 Å². The third-order valence-electron chi connectivity index (χ3n) is 4.85. The highest BCUT2D eigenvalue weighted by Gasteiger charge is 2.28. The first-order valence-corrected chi connectivity index (χ1v) is 8.45. The molecule has 112 valence electrons. The van der Waals surface area contributed by atoms with Crippen molar-refractivity contribution >= 4 is 0 Å². The van der Waals surface area contributed by atoms with Crippen molar-refractivity contribution in [3.05, 3.63) is 35.4 Å². The Bertz CT molecular complexity index is 381. The van der Waals surface area contributed by atoms with E-state index >= 15 is 0 Å². The minimum absolute atomic E-state index is 0.866. The molecule has 0 radical (unpaired) electrons. The van der Waals surface area contributed by atoms with Crippen LogP contribution in [-0.2, 0) is 6.42 Å². The number of nitrogens with one attached hydrogen (secondary N) is 1. The molecule has 3 unspecified atom stereocenters. The van der Waals surface area contributed by atoms with E-state index in [1.807, 2.05) is 0 Å². The third-order valence-corrected chi connectivity index (χ3v) is 4.85. The summed E-state index contributed by atoms with van der Waals surface area (Å²) in [6, 6.07) is 9.16. The Balaban J connectivity index is 1.94. The van der Waals surface area contributed by atoms with Crippen LogP contribution in [0, 0.1) is 24.7 Å². The van der Waals surface area contributed by atoms with Crippen molar-refractivity contribution in [1.82, 2.24) is 5.32 Å². The molecule has 0 amide bonds. The van der Waals surface area contributed by atoms with E-state index in [4.69, 9.17) is 0 Å². The van der Waals surface area contributed by atoms with Crippen molar-refractivity contribution in [3.63, 3.8) is 0 Å². The van der Waals surface area contributed by atoms with Crippen molar-refractivity contribution < 1.29 is 0 Å². The van der Waals surface area contributed by atoms with Crippen LogP contribution in [0.2, 0.25) is 0 Å². The Morgan fingerprint density at radius 3 is 2.55 bits per heavy atom. The van der Waals surface area contributed by atoms with Crippen LogP contribution in [0.25, 0.3) is 0 Å². The fourth-order valence-corrected chi connectivity index (χ4v) is 3.57. The summed E-state index contributed by atoms with van der Waals surface area (Å²) < 4.78 is 0. The van der Waals surface area contributed by atoms with Gasteiger partial charge in [0.05, 0.1) is 0 Å². The fourth-order valence-electron chi connectivity index (χ4n) is 3.57. The van der Waals surface area contributed by atoms with Gasteiger partial charge < -0.3 is 5.32 Å². The second kappa shape index (κ2) is 7.83. The molecule has 1 heteroatoms. The fraction of sp³-hybridized carbons (Fsp3) is 0.684. The summed E-state index contributed by atoms with van der Waals surface area (Å²) in [5.74, 6) is 2.65. The van der Waals surface area contributed by atoms with Crippen molar-refractivity contribution in [1.29, 1.82) is 0 Å². The molecular formula is C19H31N. The molecule has 1 aliphatic carbocycles. The Kier molecular flexibility index (Phi) is 6.09. The van der Waals surface area contributed by atoms with Gasteiger partial charge in [-0.3, -0.25) is 0 Å². The van der Waals surface area contributed by atoms with E-state index in [2.05, 4.69) is 50.4 Å². The first-order valence-electron chi connectivity index (χ1n) is 8.45. The normalized spacial score (nSPS) is 26.6. The van der Waals surface area contributed by atoms with Crippen LogP contribution in [0.3, 0.4) is 0 Å². The molecule has 1 aliphatic rings. The molecule has 3 atom stereocenters. The van der Waals surface area contributed by atoms with E-state index < -0.39 is 0 Å². The molecule has 20 heavy (non-hydrogen) atoms. The minimum atomic E-state index is 0.866. The molecule has 0 heterocycles. The molecule has 1 N–H and O–H groups in total. The molecule has 1 nitrogen and oxygen atoms in total. The molecule has 2 rings (SSSR count). The lowest BCUT2D eigenvalue weighted by atomic mass is 9.72. The smallest absolute Gasteiger partial charge is 0.00178 e. The third kappa shape index (κ3) is 4.63. The van der Waals surface area contributed by atoms with Gasteiger partial charge in [-0.25, -0.2) is 0 Å². The zero-order valence-electron chi connectivity index (χ0n) is 13.5. The predicted molar refractivity (Wildman–Crippen MR) is 88.0 cm³/mol. The van der Waals surface area contributed by atoms with Crippen molar-refractivity contribution in [3.8, 4) is 0 Å². The molecule has 0 bridgehead atoms. The van der Waals surface area contributed by atoms with Crippen LogP contribution in [-0.4, -0.2) is 13.1 Å². The summed E-state index contributed by atoms with van der Waals surface area (Å²) in [5, 5.41) is 3.64. The SMILES string of the molecule is CCCNCC1CCC(C)CC1Cc1ccc(C)cc1. The average molecular weight is 273 g/mol. The van der Waals surface area contributed by atoms with Crippen LogP contribution in [0.1, 0.15) is 50.7 Å². The average Bonchev–Trinajstić information content (AvgIpc) is 2.44. The molecular weight excluding hydrogens is 242 g/mol. The van der Waals surface area contributed by atoms with Gasteiger partial charge in [0.1, 0.15) is 0 Å². The molecule has 1 fully saturated rings. The lowest BCUT2D eigenvalue weighted by Crippen LogP contribution is -2.34. The van der Waals surface area contributed by atoms with Gasteiger partial charge in [0.2, 0.25) is 0 Å². The van der Waals surface area contributed by atoms with Crippen molar-refractivity contribution in [2.45, 2.75) is 52.9 Å². The molecule has 1 aromatic rings. The maximum absolute atomic E-state index is 3.64. The molecule has 0 aromatic heterocycles. The van der Waals surface area contributed by atoms with Gasteiger partial charge in [0.15, 0.2) is 0 Å². The van der Waals surface area contributed by atoms with Gasteiger partial charge in [-0.2, -0.15) is 0 Å². The Morgan fingerprint density at radius 1 is 1.10 bits per heavy atom. The van der Waals surface area contributed by atoms with E-state index in [0.717, 1.165) is 17.8 Å². The monoisotopic (exact) mass is 273 g/mol. The number of rotatable bonds is 6. The highest BCUT2D eigenvalue weighted by molar-refractivity contribution is 5.21. The van der Waals surface area contributed by atoms with Crippen LogP contribution in [0.5, 0.6) is 0 Å². The van der Waals surface area contributed by atoms with Gasteiger partial charge in [-0.15, -0.1) is 0 Å². The maximum Gasteiger partial charge on any atom is -0.00178 e. The summed E-state index contributed by atoms with van der Waals surface area (Å²) in [4.78, 5) is 0. The topological polar surface area (TPSA) is 12.0 Å². The Morgan fingerprint density at radius 2 is 1.85 bits per heavy atom. The molecule has 1 aromatic carbocycles. The Hall–Kier alpha value is -0.820. The molecule has 0 saturated heterocycles. The highest BCUT2D eigenvalue weighted by Crippen LogP contribution is 2.35. The minimum Gasteiger partial charge on any atom is -0.316 e. The number of benzene rings is 1. The zero-order chi connectivity index (χ0) is 14.4. The van der Waals surface area contributed by atoms with E-state index in [9.17, 15) is 0 Å². The highest BCUT2D eigenvalue weighted by atomic mass is 14.9.